The third-order valence-corrected chi connectivity index (χ3v) is 5.82. The first kappa shape index (κ1) is 17.4. The fraction of sp³-hybridized carbons (Fsp3) is 0.684. The Kier molecular flexibility index (Phi) is 5.85. The topological polar surface area (TPSA) is 56.3 Å². The molecule has 2 aliphatic rings. The van der Waals surface area contributed by atoms with Crippen molar-refractivity contribution < 1.29 is 9.90 Å². The molecule has 1 amide bonds. The average molecular weight is 330 g/mol. The number of aromatic nitrogens is 1. The van der Waals surface area contributed by atoms with Gasteiger partial charge in [0.15, 0.2) is 6.61 Å². The van der Waals surface area contributed by atoms with Crippen LogP contribution in [0.2, 0.25) is 0 Å². The molecule has 2 fully saturated rings. The summed E-state index contributed by atoms with van der Waals surface area (Å²) in [5.41, 5.74) is 1.47. The van der Waals surface area contributed by atoms with Gasteiger partial charge >= 0.3 is 0 Å². The van der Waals surface area contributed by atoms with E-state index in [-0.39, 0.29) is 11.3 Å². The molecule has 0 saturated carbocycles. The van der Waals surface area contributed by atoms with Crippen molar-refractivity contribution >= 4 is 5.91 Å². The van der Waals surface area contributed by atoms with E-state index >= 15 is 0 Å². The molecule has 0 N–H and O–H groups in total. The van der Waals surface area contributed by atoms with Crippen molar-refractivity contribution in [2.75, 3.05) is 39.3 Å². The summed E-state index contributed by atoms with van der Waals surface area (Å²) in [7, 11) is 0. The predicted octanol–water partition coefficient (Wildman–Crippen LogP) is 2.25. The van der Waals surface area contributed by atoms with E-state index in [1.807, 2.05) is 12.4 Å². The van der Waals surface area contributed by atoms with Crippen LogP contribution in [0, 0.1) is 0 Å². The predicted molar refractivity (Wildman–Crippen MR) is 92.2 cm³/mol. The maximum atomic E-state index is 11.7. The molecule has 1 aromatic heterocycles. The van der Waals surface area contributed by atoms with E-state index in [9.17, 15) is 9.90 Å². The smallest absolute Gasteiger partial charge is 0.251 e. The van der Waals surface area contributed by atoms with Crippen molar-refractivity contribution in [2.45, 2.75) is 43.9 Å². The van der Waals surface area contributed by atoms with Crippen molar-refractivity contribution in [1.29, 1.82) is 0 Å². The Bertz CT molecular complexity index is 521. The first-order chi connectivity index (χ1) is 11.7. The van der Waals surface area contributed by atoms with Gasteiger partial charge < -0.3 is 9.80 Å². The maximum Gasteiger partial charge on any atom is 0.251 e. The molecule has 0 spiro atoms. The highest BCUT2D eigenvalue weighted by Crippen LogP contribution is 2.39. The van der Waals surface area contributed by atoms with Gasteiger partial charge in [-0.25, -0.2) is 5.11 Å². The van der Waals surface area contributed by atoms with E-state index in [2.05, 4.69) is 22.0 Å². The molecule has 2 aliphatic heterocycles. The summed E-state index contributed by atoms with van der Waals surface area (Å²) >= 11 is 0. The van der Waals surface area contributed by atoms with Crippen LogP contribution in [0.3, 0.4) is 0 Å². The van der Waals surface area contributed by atoms with Crippen molar-refractivity contribution in [2.24, 2.45) is 0 Å². The summed E-state index contributed by atoms with van der Waals surface area (Å²) in [4.78, 5) is 20.2. The lowest BCUT2D eigenvalue weighted by Gasteiger charge is -2.42. The van der Waals surface area contributed by atoms with Gasteiger partial charge in [0, 0.05) is 25.5 Å². The zero-order valence-corrected chi connectivity index (χ0v) is 14.5. The standard InChI is InChI=1S/C19H28N3O2/c23-16-18(24)22-14-7-19(8-15-22,17-4-9-20-10-5-17)6-3-13-21-11-1-2-12-21/h4-5,9-10H,1-3,6-8,11-16H2. The molecule has 0 bridgehead atoms. The quantitative estimate of drug-likeness (QED) is 0.804. The third-order valence-electron chi connectivity index (χ3n) is 5.82. The molecule has 2 saturated heterocycles. The van der Waals surface area contributed by atoms with Gasteiger partial charge in [-0.1, -0.05) is 0 Å². The summed E-state index contributed by atoms with van der Waals surface area (Å²) in [5, 5.41) is 10.9. The van der Waals surface area contributed by atoms with E-state index in [0.29, 0.717) is 13.1 Å². The van der Waals surface area contributed by atoms with Gasteiger partial charge in [0.2, 0.25) is 0 Å². The summed E-state index contributed by atoms with van der Waals surface area (Å²) in [6, 6.07) is 4.25. The minimum atomic E-state index is -0.628. The highest BCUT2D eigenvalue weighted by Gasteiger charge is 2.37. The van der Waals surface area contributed by atoms with Crippen LogP contribution in [-0.2, 0) is 15.3 Å². The molecule has 0 unspecified atom stereocenters. The van der Waals surface area contributed by atoms with Crippen molar-refractivity contribution in [1.82, 2.24) is 14.8 Å². The Labute approximate surface area is 144 Å². The summed E-state index contributed by atoms with van der Waals surface area (Å²) in [6.07, 6.45) is 10.6. The molecule has 0 aromatic carbocycles. The first-order valence-electron chi connectivity index (χ1n) is 9.22. The molecular formula is C19H28N3O2. The minimum Gasteiger partial charge on any atom is -0.341 e. The number of piperidine rings is 1. The van der Waals surface area contributed by atoms with Crippen LogP contribution < -0.4 is 0 Å². The molecular weight excluding hydrogens is 302 g/mol. The second kappa shape index (κ2) is 8.08. The van der Waals surface area contributed by atoms with Gasteiger partial charge in [0.1, 0.15) is 0 Å². The molecule has 0 atom stereocenters. The van der Waals surface area contributed by atoms with Gasteiger partial charge in [-0.05, 0) is 81.3 Å². The Morgan fingerprint density at radius 1 is 1.08 bits per heavy atom. The molecule has 3 heterocycles. The zero-order valence-electron chi connectivity index (χ0n) is 14.5. The van der Waals surface area contributed by atoms with E-state index in [0.717, 1.165) is 19.3 Å². The highest BCUT2D eigenvalue weighted by molar-refractivity contribution is 5.77. The van der Waals surface area contributed by atoms with Crippen LogP contribution in [0.25, 0.3) is 0 Å². The Hall–Kier alpha value is -1.46. The Balaban J connectivity index is 1.65. The molecule has 1 aromatic rings. The minimum absolute atomic E-state index is 0.127. The van der Waals surface area contributed by atoms with E-state index < -0.39 is 6.61 Å². The van der Waals surface area contributed by atoms with E-state index in [1.54, 1.807) is 4.90 Å². The second-order valence-corrected chi connectivity index (χ2v) is 7.19. The van der Waals surface area contributed by atoms with Gasteiger partial charge in [-0.15, -0.1) is 0 Å². The largest absolute Gasteiger partial charge is 0.341 e. The number of hydrogen-bond acceptors (Lipinski definition) is 3. The average Bonchev–Trinajstić information content (AvgIpc) is 3.16. The second-order valence-electron chi connectivity index (χ2n) is 7.19. The summed E-state index contributed by atoms with van der Waals surface area (Å²) in [6.45, 7) is 4.44. The molecule has 3 rings (SSSR count). The normalized spacial score (nSPS) is 21.1. The van der Waals surface area contributed by atoms with Crippen LogP contribution in [-0.4, -0.2) is 60.0 Å². The van der Waals surface area contributed by atoms with Crippen LogP contribution in [0.5, 0.6) is 0 Å². The molecule has 1 radical (unpaired) electrons. The SMILES string of the molecule is [O]CC(=O)N1CCC(CCCN2CCCC2)(c2ccncc2)CC1. The first-order valence-corrected chi connectivity index (χ1v) is 9.22. The fourth-order valence-electron chi connectivity index (χ4n) is 4.31. The van der Waals surface area contributed by atoms with Crippen LogP contribution in [0.1, 0.15) is 44.1 Å². The third kappa shape index (κ3) is 3.95. The maximum absolute atomic E-state index is 11.7. The van der Waals surface area contributed by atoms with Crippen molar-refractivity contribution in [3.05, 3.63) is 30.1 Å². The number of hydrogen-bond donors (Lipinski definition) is 0. The van der Waals surface area contributed by atoms with Gasteiger partial charge in [0.05, 0.1) is 0 Å². The summed E-state index contributed by atoms with van der Waals surface area (Å²) in [5.74, 6) is -0.254. The number of carbonyl (C=O) groups is 1. The Morgan fingerprint density at radius 3 is 2.38 bits per heavy atom. The highest BCUT2D eigenvalue weighted by atomic mass is 16.3. The summed E-state index contributed by atoms with van der Waals surface area (Å²) < 4.78 is 0. The lowest BCUT2D eigenvalue weighted by Crippen LogP contribution is -2.46. The number of carbonyl (C=O) groups excluding carboxylic acids is 1. The molecule has 24 heavy (non-hydrogen) atoms. The number of nitrogens with zero attached hydrogens (tertiary/aromatic N) is 3. The monoisotopic (exact) mass is 330 g/mol. The number of pyridine rings is 1. The van der Waals surface area contributed by atoms with Gasteiger partial charge in [-0.3, -0.25) is 9.78 Å². The molecule has 131 valence electrons. The molecule has 0 aliphatic carbocycles. The van der Waals surface area contributed by atoms with E-state index in [1.165, 1.54) is 44.5 Å². The van der Waals surface area contributed by atoms with Crippen LogP contribution in [0.4, 0.5) is 0 Å². The molecule has 5 heteroatoms. The lowest BCUT2D eigenvalue weighted by molar-refractivity contribution is -0.137. The van der Waals surface area contributed by atoms with Gasteiger partial charge in [-0.2, -0.15) is 0 Å². The fourth-order valence-corrected chi connectivity index (χ4v) is 4.31. The number of likely N-dealkylation sites (tertiary alicyclic amines) is 2. The van der Waals surface area contributed by atoms with E-state index in [4.69, 9.17) is 0 Å². The lowest BCUT2D eigenvalue weighted by atomic mass is 9.70. The van der Waals surface area contributed by atoms with Crippen molar-refractivity contribution in [3.63, 3.8) is 0 Å². The van der Waals surface area contributed by atoms with Crippen molar-refractivity contribution in [3.8, 4) is 0 Å². The number of rotatable bonds is 6. The number of amides is 1. The van der Waals surface area contributed by atoms with Crippen LogP contribution in [0.15, 0.2) is 24.5 Å². The van der Waals surface area contributed by atoms with Gasteiger partial charge in [0.25, 0.3) is 5.91 Å². The zero-order chi connectivity index (χ0) is 16.8. The Morgan fingerprint density at radius 2 is 1.75 bits per heavy atom. The van der Waals surface area contributed by atoms with Crippen LogP contribution >= 0.6 is 0 Å². The molecule has 5 nitrogen and oxygen atoms in total.